The average Bonchev–Trinajstić information content (AvgIpc) is 2.95. The average molecular weight is 265 g/mol. The number of aromatic carboxylic acids is 1. The molecule has 2 aromatic heterocycles. The van der Waals surface area contributed by atoms with Gasteiger partial charge in [-0.05, 0) is 6.92 Å². The molecule has 0 aromatic carbocycles. The van der Waals surface area contributed by atoms with Gasteiger partial charge in [-0.15, -0.1) is 5.10 Å². The zero-order valence-corrected chi connectivity index (χ0v) is 10.9. The maximum atomic E-state index is 11.2. The predicted octanol–water partition coefficient (Wildman–Crippen LogP) is 0.412. The third-order valence-electron chi connectivity index (χ3n) is 2.75. The van der Waals surface area contributed by atoms with Gasteiger partial charge in [-0.1, -0.05) is 5.21 Å². The third-order valence-corrected chi connectivity index (χ3v) is 2.75. The molecule has 2 heterocycles. The van der Waals surface area contributed by atoms with E-state index in [1.54, 1.807) is 31.2 Å². The molecule has 1 atom stereocenters. The van der Waals surface area contributed by atoms with Crippen molar-refractivity contribution in [1.82, 2.24) is 24.8 Å². The summed E-state index contributed by atoms with van der Waals surface area (Å²) in [5.41, 5.74) is 1.01. The number of carbonyl (C=O) groups is 1. The molecule has 2 rings (SSSR count). The van der Waals surface area contributed by atoms with Crippen molar-refractivity contribution in [2.75, 3.05) is 7.11 Å². The minimum absolute atomic E-state index is 0.0868. The Hall–Kier alpha value is -2.22. The number of ether oxygens (including phenoxy) is 1. The summed E-state index contributed by atoms with van der Waals surface area (Å²) in [7, 11) is 3.35. The van der Waals surface area contributed by atoms with Crippen LogP contribution >= 0.6 is 0 Å². The van der Waals surface area contributed by atoms with Crippen LogP contribution in [0.4, 0.5) is 0 Å². The lowest BCUT2D eigenvalue weighted by molar-refractivity contribution is 0.0691. The fourth-order valence-corrected chi connectivity index (χ4v) is 1.73. The second-order valence-corrected chi connectivity index (χ2v) is 4.22. The Balaban J connectivity index is 2.47. The van der Waals surface area contributed by atoms with Crippen LogP contribution in [0.25, 0.3) is 11.3 Å². The van der Waals surface area contributed by atoms with Gasteiger partial charge in [0.05, 0.1) is 18.8 Å². The SMILES string of the molecule is COC(C)Cn1nnc(C(=O)O)c1-c1cnn(C)c1. The maximum absolute atomic E-state index is 11.2. The second-order valence-electron chi connectivity index (χ2n) is 4.22. The normalized spacial score (nSPS) is 12.6. The fourth-order valence-electron chi connectivity index (χ4n) is 1.73. The standard InChI is InChI=1S/C11H15N5O3/c1-7(19-3)5-16-10(8-4-12-15(2)6-8)9(11(17)18)13-14-16/h4,6-7H,5H2,1-3H3,(H,17,18). The van der Waals surface area contributed by atoms with Crippen molar-refractivity contribution in [3.63, 3.8) is 0 Å². The number of aryl methyl sites for hydroxylation is 1. The molecule has 1 N–H and O–H groups in total. The van der Waals surface area contributed by atoms with Crippen LogP contribution in [0.1, 0.15) is 17.4 Å². The van der Waals surface area contributed by atoms with Gasteiger partial charge in [0.15, 0.2) is 5.69 Å². The molecule has 0 fully saturated rings. The molecular weight excluding hydrogens is 250 g/mol. The van der Waals surface area contributed by atoms with Crippen molar-refractivity contribution in [2.45, 2.75) is 19.6 Å². The lowest BCUT2D eigenvalue weighted by Crippen LogP contribution is -2.17. The van der Waals surface area contributed by atoms with Crippen molar-refractivity contribution < 1.29 is 14.6 Å². The van der Waals surface area contributed by atoms with Crippen molar-refractivity contribution in [3.8, 4) is 11.3 Å². The van der Waals surface area contributed by atoms with Gasteiger partial charge in [-0.2, -0.15) is 5.10 Å². The van der Waals surface area contributed by atoms with E-state index in [1.807, 2.05) is 6.92 Å². The van der Waals surface area contributed by atoms with E-state index in [9.17, 15) is 4.79 Å². The zero-order chi connectivity index (χ0) is 14.0. The molecule has 0 bridgehead atoms. The first-order chi connectivity index (χ1) is 9.02. The van der Waals surface area contributed by atoms with Crippen LogP contribution in [-0.4, -0.2) is 49.1 Å². The van der Waals surface area contributed by atoms with Crippen LogP contribution in [0, 0.1) is 0 Å². The lowest BCUT2D eigenvalue weighted by atomic mass is 10.2. The number of rotatable bonds is 5. The first-order valence-corrected chi connectivity index (χ1v) is 5.71. The van der Waals surface area contributed by atoms with Crippen molar-refractivity contribution >= 4 is 5.97 Å². The summed E-state index contributed by atoms with van der Waals surface area (Å²) >= 11 is 0. The predicted molar refractivity (Wildman–Crippen MR) is 65.7 cm³/mol. The highest BCUT2D eigenvalue weighted by atomic mass is 16.5. The van der Waals surface area contributed by atoms with Gasteiger partial charge in [-0.3, -0.25) is 4.68 Å². The number of nitrogens with zero attached hydrogens (tertiary/aromatic N) is 5. The number of carboxylic acids is 1. The van der Waals surface area contributed by atoms with E-state index < -0.39 is 5.97 Å². The highest BCUT2D eigenvalue weighted by molar-refractivity contribution is 5.92. The molecule has 2 aromatic rings. The van der Waals surface area contributed by atoms with Crippen molar-refractivity contribution in [2.24, 2.45) is 7.05 Å². The molecule has 8 heteroatoms. The Morgan fingerprint density at radius 3 is 2.84 bits per heavy atom. The van der Waals surface area contributed by atoms with Gasteiger partial charge in [0, 0.05) is 25.9 Å². The summed E-state index contributed by atoms with van der Waals surface area (Å²) in [6, 6.07) is 0. The molecule has 0 radical (unpaired) electrons. The van der Waals surface area contributed by atoms with Gasteiger partial charge in [0.1, 0.15) is 5.69 Å². The largest absolute Gasteiger partial charge is 0.476 e. The van der Waals surface area contributed by atoms with E-state index in [2.05, 4.69) is 15.4 Å². The number of carboxylic acid groups (broad SMARTS) is 1. The van der Waals surface area contributed by atoms with Crippen LogP contribution in [-0.2, 0) is 18.3 Å². The van der Waals surface area contributed by atoms with Gasteiger partial charge in [0.2, 0.25) is 0 Å². The minimum atomic E-state index is -1.12. The number of hydrogen-bond acceptors (Lipinski definition) is 5. The van der Waals surface area contributed by atoms with Crippen LogP contribution in [0.2, 0.25) is 0 Å². The molecule has 8 nitrogen and oxygen atoms in total. The number of hydrogen-bond donors (Lipinski definition) is 1. The Morgan fingerprint density at radius 2 is 2.32 bits per heavy atom. The molecule has 102 valence electrons. The van der Waals surface area contributed by atoms with Crippen LogP contribution < -0.4 is 0 Å². The van der Waals surface area contributed by atoms with Gasteiger partial charge in [0.25, 0.3) is 0 Å². The molecule has 19 heavy (non-hydrogen) atoms. The first kappa shape index (κ1) is 13.2. The first-order valence-electron chi connectivity index (χ1n) is 5.71. The molecule has 0 spiro atoms. The fraction of sp³-hybridized carbons (Fsp3) is 0.455. The van der Waals surface area contributed by atoms with Gasteiger partial charge in [-0.25, -0.2) is 9.48 Å². The van der Waals surface area contributed by atoms with Gasteiger partial charge >= 0.3 is 5.97 Å². The van der Waals surface area contributed by atoms with Gasteiger partial charge < -0.3 is 9.84 Å². The van der Waals surface area contributed by atoms with Crippen LogP contribution in [0.3, 0.4) is 0 Å². The Labute approximate surface area is 109 Å². The summed E-state index contributed by atoms with van der Waals surface area (Å²) in [6.45, 7) is 2.29. The molecule has 1 unspecified atom stereocenters. The summed E-state index contributed by atoms with van der Waals surface area (Å²) in [5, 5.41) is 20.8. The van der Waals surface area contributed by atoms with E-state index in [0.717, 1.165) is 0 Å². The van der Waals surface area contributed by atoms with E-state index in [0.29, 0.717) is 17.8 Å². The molecule has 0 aliphatic rings. The minimum Gasteiger partial charge on any atom is -0.476 e. The highest BCUT2D eigenvalue weighted by Gasteiger charge is 2.22. The third kappa shape index (κ3) is 2.63. The van der Waals surface area contributed by atoms with Crippen molar-refractivity contribution in [1.29, 1.82) is 0 Å². The van der Waals surface area contributed by atoms with E-state index in [-0.39, 0.29) is 11.8 Å². The lowest BCUT2D eigenvalue weighted by Gasteiger charge is -2.10. The topological polar surface area (TPSA) is 95.1 Å². The maximum Gasteiger partial charge on any atom is 0.358 e. The summed E-state index contributed by atoms with van der Waals surface area (Å²) in [4.78, 5) is 11.2. The number of methoxy groups -OCH3 is 1. The molecule has 0 aliphatic carbocycles. The molecule has 0 saturated heterocycles. The van der Waals surface area contributed by atoms with Crippen LogP contribution in [0.15, 0.2) is 12.4 Å². The summed E-state index contributed by atoms with van der Waals surface area (Å²) < 4.78 is 8.28. The van der Waals surface area contributed by atoms with E-state index >= 15 is 0 Å². The smallest absolute Gasteiger partial charge is 0.358 e. The van der Waals surface area contributed by atoms with E-state index in [1.165, 1.54) is 4.68 Å². The Kier molecular flexibility index (Phi) is 3.61. The van der Waals surface area contributed by atoms with Crippen molar-refractivity contribution in [3.05, 3.63) is 18.1 Å². The van der Waals surface area contributed by atoms with Crippen LogP contribution in [0.5, 0.6) is 0 Å². The molecule has 0 saturated carbocycles. The quantitative estimate of drug-likeness (QED) is 0.841. The molecule has 0 amide bonds. The molecular formula is C11H15N5O3. The number of aromatic nitrogens is 5. The van der Waals surface area contributed by atoms with E-state index in [4.69, 9.17) is 9.84 Å². The Bertz CT molecular complexity index is 589. The molecule has 0 aliphatic heterocycles. The summed E-state index contributed by atoms with van der Waals surface area (Å²) in [6.07, 6.45) is 3.21. The Morgan fingerprint density at radius 1 is 1.58 bits per heavy atom. The monoisotopic (exact) mass is 265 g/mol. The highest BCUT2D eigenvalue weighted by Crippen LogP contribution is 2.22. The second kappa shape index (κ2) is 5.19. The summed E-state index contributed by atoms with van der Waals surface area (Å²) in [5.74, 6) is -1.12. The zero-order valence-electron chi connectivity index (χ0n) is 10.9.